The van der Waals surface area contributed by atoms with Crippen molar-refractivity contribution in [3.05, 3.63) is 41.0 Å². The van der Waals surface area contributed by atoms with Crippen LogP contribution in [0, 0.1) is 0 Å². The van der Waals surface area contributed by atoms with Gasteiger partial charge in [-0.1, -0.05) is 23.7 Å². The Kier molecular flexibility index (Phi) is 5.08. The second-order valence-electron chi connectivity index (χ2n) is 4.25. The molecular formula is C14H15ClN4O2. The van der Waals surface area contributed by atoms with Gasteiger partial charge >= 0.3 is 0 Å². The predicted octanol–water partition coefficient (Wildman–Crippen LogP) is 1.76. The number of methoxy groups -OCH3 is 1. The Morgan fingerprint density at radius 2 is 2.29 bits per heavy atom. The number of aromatic nitrogens is 2. The van der Waals surface area contributed by atoms with E-state index in [9.17, 15) is 4.79 Å². The minimum atomic E-state index is -0.331. The lowest BCUT2D eigenvalue weighted by molar-refractivity contribution is 0.0937. The van der Waals surface area contributed by atoms with Gasteiger partial charge in [0.1, 0.15) is 5.82 Å². The van der Waals surface area contributed by atoms with Crippen LogP contribution >= 0.6 is 11.6 Å². The average Bonchev–Trinajstić information content (AvgIpc) is 2.47. The van der Waals surface area contributed by atoms with E-state index >= 15 is 0 Å². The maximum Gasteiger partial charge on any atom is 0.256 e. The summed E-state index contributed by atoms with van der Waals surface area (Å²) in [5.74, 6) is 0.209. The van der Waals surface area contributed by atoms with Crippen LogP contribution in [0.1, 0.15) is 10.4 Å². The molecule has 2 rings (SSSR count). The maximum atomic E-state index is 11.9. The Bertz CT molecular complexity index is 649. The second-order valence-corrected chi connectivity index (χ2v) is 4.69. The fourth-order valence-electron chi connectivity index (χ4n) is 1.70. The molecule has 0 aliphatic heterocycles. The third-order valence-electron chi connectivity index (χ3n) is 2.74. The van der Waals surface area contributed by atoms with Crippen LogP contribution in [0.15, 0.2) is 30.5 Å². The molecule has 0 bridgehead atoms. The first kappa shape index (κ1) is 15.2. The van der Waals surface area contributed by atoms with Crippen LogP contribution in [-0.4, -0.2) is 36.1 Å². The number of rotatable bonds is 5. The van der Waals surface area contributed by atoms with Gasteiger partial charge in [0.05, 0.1) is 12.2 Å². The zero-order chi connectivity index (χ0) is 15.2. The summed E-state index contributed by atoms with van der Waals surface area (Å²) in [5.41, 5.74) is 6.80. The van der Waals surface area contributed by atoms with Gasteiger partial charge in [-0.3, -0.25) is 4.79 Å². The number of carbonyl (C=O) groups excluding carboxylic acids is 1. The van der Waals surface area contributed by atoms with E-state index in [0.29, 0.717) is 24.0 Å². The van der Waals surface area contributed by atoms with Crippen molar-refractivity contribution in [2.45, 2.75) is 0 Å². The van der Waals surface area contributed by atoms with Crippen LogP contribution in [0.2, 0.25) is 5.02 Å². The molecule has 0 aliphatic carbocycles. The van der Waals surface area contributed by atoms with Gasteiger partial charge in [0.2, 0.25) is 0 Å². The Morgan fingerprint density at radius 1 is 1.48 bits per heavy atom. The Hall–Kier alpha value is -2.18. The third kappa shape index (κ3) is 3.90. The fourth-order valence-corrected chi connectivity index (χ4v) is 1.89. The summed E-state index contributed by atoms with van der Waals surface area (Å²) in [5, 5.41) is 3.24. The molecule has 0 saturated carbocycles. The number of nitrogens with zero attached hydrogens (tertiary/aromatic N) is 2. The summed E-state index contributed by atoms with van der Waals surface area (Å²) in [6.45, 7) is 0.817. The first-order valence-corrected chi connectivity index (χ1v) is 6.65. The van der Waals surface area contributed by atoms with Crippen molar-refractivity contribution in [2.24, 2.45) is 0 Å². The highest BCUT2D eigenvalue weighted by molar-refractivity contribution is 6.30. The molecule has 0 fully saturated rings. The van der Waals surface area contributed by atoms with Crippen LogP contribution in [0.4, 0.5) is 5.82 Å². The van der Waals surface area contributed by atoms with Crippen LogP contribution in [-0.2, 0) is 4.74 Å². The molecule has 2 aromatic rings. The van der Waals surface area contributed by atoms with Gasteiger partial charge in [-0.15, -0.1) is 0 Å². The van der Waals surface area contributed by atoms with Gasteiger partial charge in [-0.05, 0) is 12.1 Å². The molecular weight excluding hydrogens is 292 g/mol. The predicted molar refractivity (Wildman–Crippen MR) is 81.1 cm³/mol. The molecule has 0 saturated heterocycles. The first-order chi connectivity index (χ1) is 10.1. The van der Waals surface area contributed by atoms with Gasteiger partial charge in [0.15, 0.2) is 5.82 Å². The number of amides is 1. The quantitative estimate of drug-likeness (QED) is 0.821. The van der Waals surface area contributed by atoms with Gasteiger partial charge in [-0.25, -0.2) is 9.97 Å². The van der Waals surface area contributed by atoms with Crippen molar-refractivity contribution in [1.29, 1.82) is 0 Å². The summed E-state index contributed by atoms with van der Waals surface area (Å²) in [6.07, 6.45) is 1.40. The minimum Gasteiger partial charge on any atom is -0.383 e. The van der Waals surface area contributed by atoms with Gasteiger partial charge in [-0.2, -0.15) is 0 Å². The van der Waals surface area contributed by atoms with Gasteiger partial charge in [0.25, 0.3) is 5.91 Å². The zero-order valence-electron chi connectivity index (χ0n) is 11.5. The summed E-state index contributed by atoms with van der Waals surface area (Å²) in [6, 6.07) is 7.10. The summed E-state index contributed by atoms with van der Waals surface area (Å²) in [7, 11) is 1.56. The Morgan fingerprint density at radius 3 is 2.95 bits per heavy atom. The molecule has 0 radical (unpaired) electrons. The molecule has 3 N–H and O–H groups in total. The smallest absolute Gasteiger partial charge is 0.256 e. The van der Waals surface area contributed by atoms with Crippen molar-refractivity contribution in [2.75, 3.05) is 26.0 Å². The number of carbonyl (C=O) groups is 1. The second kappa shape index (κ2) is 7.01. The van der Waals surface area contributed by atoms with E-state index in [1.807, 2.05) is 6.07 Å². The van der Waals surface area contributed by atoms with Crippen molar-refractivity contribution in [3.63, 3.8) is 0 Å². The Labute approximate surface area is 127 Å². The molecule has 21 heavy (non-hydrogen) atoms. The number of nitrogen functional groups attached to an aromatic ring is 1. The summed E-state index contributed by atoms with van der Waals surface area (Å²) < 4.78 is 4.86. The van der Waals surface area contributed by atoms with E-state index in [2.05, 4.69) is 15.3 Å². The zero-order valence-corrected chi connectivity index (χ0v) is 12.2. The molecule has 7 heteroatoms. The molecule has 1 aromatic carbocycles. The van der Waals surface area contributed by atoms with E-state index in [1.54, 1.807) is 25.3 Å². The van der Waals surface area contributed by atoms with Gasteiger partial charge < -0.3 is 15.8 Å². The normalized spacial score (nSPS) is 10.4. The van der Waals surface area contributed by atoms with Crippen LogP contribution in [0.5, 0.6) is 0 Å². The highest BCUT2D eigenvalue weighted by Crippen LogP contribution is 2.20. The molecule has 0 atom stereocenters. The van der Waals surface area contributed by atoms with Crippen LogP contribution in [0.3, 0.4) is 0 Å². The standard InChI is InChI=1S/C14H15ClN4O2/c1-21-6-5-17-14(20)11-8-18-13(19-12(11)16)9-3-2-4-10(15)7-9/h2-4,7-8H,5-6H2,1H3,(H,17,20)(H2,16,18,19). The van der Waals surface area contributed by atoms with Gasteiger partial charge in [0, 0.05) is 30.4 Å². The van der Waals surface area contributed by atoms with Crippen molar-refractivity contribution < 1.29 is 9.53 Å². The maximum absolute atomic E-state index is 11.9. The number of hydrogen-bond acceptors (Lipinski definition) is 5. The molecule has 1 aromatic heterocycles. The third-order valence-corrected chi connectivity index (χ3v) is 2.97. The molecule has 1 heterocycles. The van der Waals surface area contributed by atoms with Crippen molar-refractivity contribution >= 4 is 23.3 Å². The number of anilines is 1. The highest BCUT2D eigenvalue weighted by Gasteiger charge is 2.13. The summed E-state index contributed by atoms with van der Waals surface area (Å²) in [4.78, 5) is 20.2. The van der Waals surface area contributed by atoms with E-state index < -0.39 is 0 Å². The first-order valence-electron chi connectivity index (χ1n) is 6.27. The van der Waals surface area contributed by atoms with Crippen LogP contribution < -0.4 is 11.1 Å². The number of halogens is 1. The lowest BCUT2D eigenvalue weighted by Crippen LogP contribution is -2.28. The summed E-state index contributed by atoms with van der Waals surface area (Å²) >= 11 is 5.92. The lowest BCUT2D eigenvalue weighted by atomic mass is 10.2. The lowest BCUT2D eigenvalue weighted by Gasteiger charge is -2.08. The molecule has 110 valence electrons. The topological polar surface area (TPSA) is 90.1 Å². The number of benzene rings is 1. The fraction of sp³-hybridized carbons (Fsp3) is 0.214. The molecule has 0 unspecified atom stereocenters. The molecule has 0 aliphatic rings. The van der Waals surface area contributed by atoms with E-state index in [-0.39, 0.29) is 17.3 Å². The number of ether oxygens (including phenoxy) is 1. The number of nitrogens with two attached hydrogens (primary N) is 1. The average molecular weight is 307 g/mol. The SMILES string of the molecule is COCCNC(=O)c1cnc(-c2cccc(Cl)c2)nc1N. The van der Waals surface area contributed by atoms with E-state index in [0.717, 1.165) is 5.56 Å². The highest BCUT2D eigenvalue weighted by atomic mass is 35.5. The van der Waals surface area contributed by atoms with Crippen LogP contribution in [0.25, 0.3) is 11.4 Å². The van der Waals surface area contributed by atoms with E-state index in [1.165, 1.54) is 6.20 Å². The van der Waals surface area contributed by atoms with Crippen molar-refractivity contribution in [3.8, 4) is 11.4 Å². The molecule has 0 spiro atoms. The molecule has 6 nitrogen and oxygen atoms in total. The van der Waals surface area contributed by atoms with E-state index in [4.69, 9.17) is 22.1 Å². The minimum absolute atomic E-state index is 0.120. The molecule has 1 amide bonds. The Balaban J connectivity index is 2.19. The van der Waals surface area contributed by atoms with Crippen molar-refractivity contribution in [1.82, 2.24) is 15.3 Å². The largest absolute Gasteiger partial charge is 0.383 e. The monoisotopic (exact) mass is 306 g/mol. The number of nitrogens with one attached hydrogen (secondary N) is 1. The number of hydrogen-bond donors (Lipinski definition) is 2.